The maximum atomic E-state index is 9.93. The molecule has 2 nitrogen and oxygen atoms in total. The molecule has 0 aliphatic heterocycles. The molecule has 0 aromatic rings. The summed E-state index contributed by atoms with van der Waals surface area (Å²) >= 11 is 0. The van der Waals surface area contributed by atoms with Crippen molar-refractivity contribution in [2.75, 3.05) is 6.61 Å². The van der Waals surface area contributed by atoms with E-state index in [0.717, 1.165) is 19.3 Å². The fourth-order valence-corrected chi connectivity index (χ4v) is 3.60. The Morgan fingerprint density at radius 1 is 1.31 bits per heavy atom. The average molecular weight is 184 g/mol. The largest absolute Gasteiger partial charge is 0.396 e. The summed E-state index contributed by atoms with van der Waals surface area (Å²) in [7, 11) is 0. The van der Waals surface area contributed by atoms with Crippen LogP contribution in [0.4, 0.5) is 0 Å². The van der Waals surface area contributed by atoms with Gasteiger partial charge in [0.2, 0.25) is 0 Å². The molecule has 2 unspecified atom stereocenters. The van der Waals surface area contributed by atoms with Gasteiger partial charge in [-0.3, -0.25) is 0 Å². The lowest BCUT2D eigenvalue weighted by molar-refractivity contribution is -0.0279. The molecule has 0 saturated heterocycles. The van der Waals surface area contributed by atoms with Gasteiger partial charge in [0.25, 0.3) is 0 Å². The highest BCUT2D eigenvalue weighted by atomic mass is 16.3. The van der Waals surface area contributed by atoms with E-state index >= 15 is 0 Å². The Kier molecular flexibility index (Phi) is 2.37. The number of hydrogen-bond donors (Lipinski definition) is 2. The van der Waals surface area contributed by atoms with Gasteiger partial charge < -0.3 is 10.2 Å². The van der Waals surface area contributed by atoms with Gasteiger partial charge >= 0.3 is 0 Å². The Morgan fingerprint density at radius 3 is 2.77 bits per heavy atom. The lowest BCUT2D eigenvalue weighted by atomic mass is 9.66. The summed E-state index contributed by atoms with van der Waals surface area (Å²) in [5.41, 5.74) is 0.324. The molecule has 4 atom stereocenters. The van der Waals surface area contributed by atoms with Gasteiger partial charge in [-0.1, -0.05) is 13.3 Å². The molecule has 0 aromatic heterocycles. The first-order valence-corrected chi connectivity index (χ1v) is 5.46. The van der Waals surface area contributed by atoms with Gasteiger partial charge in [0.15, 0.2) is 0 Å². The van der Waals surface area contributed by atoms with Crippen molar-refractivity contribution in [1.82, 2.24) is 0 Å². The molecule has 2 heteroatoms. The van der Waals surface area contributed by atoms with Crippen molar-refractivity contribution in [2.24, 2.45) is 17.3 Å². The van der Waals surface area contributed by atoms with E-state index < -0.39 is 0 Å². The number of fused-ring (bicyclic) bond motifs is 1. The molecule has 2 N–H and O–H groups in total. The second-order valence-electron chi connectivity index (χ2n) is 5.12. The second-order valence-corrected chi connectivity index (χ2v) is 5.12. The lowest BCUT2D eigenvalue weighted by Crippen LogP contribution is -2.40. The summed E-state index contributed by atoms with van der Waals surface area (Å²) in [6.45, 7) is 2.55. The molecule has 13 heavy (non-hydrogen) atoms. The molecule has 0 bridgehead atoms. The van der Waals surface area contributed by atoms with E-state index in [-0.39, 0.29) is 12.7 Å². The van der Waals surface area contributed by atoms with E-state index in [1.807, 2.05) is 0 Å². The first-order chi connectivity index (χ1) is 6.17. The van der Waals surface area contributed by atoms with Crippen LogP contribution in [0.1, 0.15) is 39.0 Å². The van der Waals surface area contributed by atoms with Crippen LogP contribution in [0.15, 0.2) is 0 Å². The fraction of sp³-hybridized carbons (Fsp3) is 1.00. The van der Waals surface area contributed by atoms with Gasteiger partial charge in [0.05, 0.1) is 6.10 Å². The standard InChI is InChI=1S/C11H20O2/c1-11-5-2-3-9(13)10(11)8(7-12)4-6-11/h8-10,12-13H,2-7H2,1H3/t8?,9?,10-,11-/m1/s1. The van der Waals surface area contributed by atoms with Crippen LogP contribution in [-0.4, -0.2) is 22.9 Å². The van der Waals surface area contributed by atoms with Gasteiger partial charge in [-0.05, 0) is 42.9 Å². The second kappa shape index (κ2) is 3.25. The number of aliphatic hydroxyl groups excluding tert-OH is 2. The predicted octanol–water partition coefficient (Wildman–Crippen LogP) is 1.56. The van der Waals surface area contributed by atoms with E-state index in [4.69, 9.17) is 0 Å². The van der Waals surface area contributed by atoms with Crippen LogP contribution in [0.2, 0.25) is 0 Å². The lowest BCUT2D eigenvalue weighted by Gasteiger charge is -2.41. The van der Waals surface area contributed by atoms with Crippen molar-refractivity contribution in [1.29, 1.82) is 0 Å². The molecule has 76 valence electrons. The summed E-state index contributed by atoms with van der Waals surface area (Å²) in [6.07, 6.45) is 5.49. The summed E-state index contributed by atoms with van der Waals surface area (Å²) < 4.78 is 0. The molecule has 2 saturated carbocycles. The van der Waals surface area contributed by atoms with Crippen molar-refractivity contribution in [3.8, 4) is 0 Å². The van der Waals surface area contributed by atoms with Crippen molar-refractivity contribution < 1.29 is 10.2 Å². The molecule has 2 fully saturated rings. The summed E-state index contributed by atoms with van der Waals surface area (Å²) in [5, 5.41) is 19.2. The van der Waals surface area contributed by atoms with E-state index in [2.05, 4.69) is 6.92 Å². The molecular formula is C11H20O2. The highest BCUT2D eigenvalue weighted by Gasteiger charge is 2.49. The first-order valence-electron chi connectivity index (χ1n) is 5.46. The predicted molar refractivity (Wildman–Crippen MR) is 51.3 cm³/mol. The van der Waals surface area contributed by atoms with E-state index in [1.165, 1.54) is 12.8 Å². The van der Waals surface area contributed by atoms with Crippen LogP contribution in [0.3, 0.4) is 0 Å². The normalized spacial score (nSPS) is 50.5. The van der Waals surface area contributed by atoms with Gasteiger partial charge in [-0.2, -0.15) is 0 Å². The van der Waals surface area contributed by atoms with E-state index in [1.54, 1.807) is 0 Å². The molecule has 0 spiro atoms. The maximum absolute atomic E-state index is 9.93. The van der Waals surface area contributed by atoms with E-state index in [9.17, 15) is 10.2 Å². The Balaban J connectivity index is 2.18. The quantitative estimate of drug-likeness (QED) is 0.649. The Hall–Kier alpha value is -0.0800. The summed E-state index contributed by atoms with van der Waals surface area (Å²) in [4.78, 5) is 0. The highest BCUT2D eigenvalue weighted by molar-refractivity contribution is 4.99. The SMILES string of the molecule is C[C@]12CCCC(O)[C@H]1C(CO)CC2. The Labute approximate surface area is 80.0 Å². The van der Waals surface area contributed by atoms with Crippen molar-refractivity contribution in [2.45, 2.75) is 45.1 Å². The monoisotopic (exact) mass is 184 g/mol. The Bertz CT molecular complexity index is 193. The summed E-state index contributed by atoms with van der Waals surface area (Å²) in [5.74, 6) is 0.728. The minimum Gasteiger partial charge on any atom is -0.396 e. The first kappa shape index (κ1) is 9.47. The molecule has 0 radical (unpaired) electrons. The van der Waals surface area contributed by atoms with Gasteiger partial charge in [0.1, 0.15) is 0 Å². The van der Waals surface area contributed by atoms with Crippen LogP contribution in [0.5, 0.6) is 0 Å². The van der Waals surface area contributed by atoms with Gasteiger partial charge in [0, 0.05) is 6.61 Å². The minimum atomic E-state index is -0.154. The van der Waals surface area contributed by atoms with Gasteiger partial charge in [-0.25, -0.2) is 0 Å². The zero-order valence-corrected chi connectivity index (χ0v) is 8.37. The molecule has 0 heterocycles. The topological polar surface area (TPSA) is 40.5 Å². The maximum Gasteiger partial charge on any atom is 0.0577 e. The third-order valence-corrected chi connectivity index (χ3v) is 4.30. The summed E-state index contributed by atoms with van der Waals surface area (Å²) in [6, 6.07) is 0. The number of aliphatic hydroxyl groups is 2. The minimum absolute atomic E-state index is 0.154. The van der Waals surface area contributed by atoms with Crippen molar-refractivity contribution in [3.05, 3.63) is 0 Å². The van der Waals surface area contributed by atoms with Crippen LogP contribution >= 0.6 is 0 Å². The zero-order valence-electron chi connectivity index (χ0n) is 8.37. The van der Waals surface area contributed by atoms with Crippen LogP contribution in [-0.2, 0) is 0 Å². The fourth-order valence-electron chi connectivity index (χ4n) is 3.60. The smallest absolute Gasteiger partial charge is 0.0577 e. The van der Waals surface area contributed by atoms with Crippen LogP contribution < -0.4 is 0 Å². The van der Waals surface area contributed by atoms with E-state index in [0.29, 0.717) is 17.3 Å². The molecule has 2 rings (SSSR count). The van der Waals surface area contributed by atoms with Crippen molar-refractivity contribution in [3.63, 3.8) is 0 Å². The van der Waals surface area contributed by atoms with Gasteiger partial charge in [-0.15, -0.1) is 0 Å². The average Bonchev–Trinajstić information content (AvgIpc) is 2.43. The third-order valence-electron chi connectivity index (χ3n) is 4.30. The molecule has 0 amide bonds. The van der Waals surface area contributed by atoms with Crippen LogP contribution in [0.25, 0.3) is 0 Å². The molecule has 2 aliphatic rings. The number of hydrogen-bond acceptors (Lipinski definition) is 2. The number of rotatable bonds is 1. The highest BCUT2D eigenvalue weighted by Crippen LogP contribution is 2.54. The van der Waals surface area contributed by atoms with Crippen LogP contribution in [0, 0.1) is 17.3 Å². The third kappa shape index (κ3) is 1.40. The zero-order chi connectivity index (χ0) is 9.47. The molecule has 2 aliphatic carbocycles. The molecular weight excluding hydrogens is 164 g/mol. The van der Waals surface area contributed by atoms with Crippen molar-refractivity contribution >= 4 is 0 Å². The Morgan fingerprint density at radius 2 is 2.08 bits per heavy atom. The molecule has 0 aromatic carbocycles.